The maximum Gasteiger partial charge on any atom is 0.391 e. The molecule has 0 radical (unpaired) electrons. The van der Waals surface area contributed by atoms with Crippen LogP contribution in [0.3, 0.4) is 0 Å². The predicted molar refractivity (Wildman–Crippen MR) is 133 cm³/mol. The van der Waals surface area contributed by atoms with E-state index in [1.54, 1.807) is 6.07 Å². The fraction of sp³-hybridized carbons (Fsp3) is 0.621. The minimum Gasteiger partial charge on any atom is -0.490 e. The third kappa shape index (κ3) is 5.31. The fourth-order valence-electron chi connectivity index (χ4n) is 7.01. The van der Waals surface area contributed by atoms with Gasteiger partial charge in [0.15, 0.2) is 0 Å². The minimum atomic E-state index is -4.17. The molecule has 2 aliphatic heterocycles. The van der Waals surface area contributed by atoms with Crippen LogP contribution in [-0.4, -0.2) is 40.3 Å². The van der Waals surface area contributed by atoms with E-state index >= 15 is 0 Å². The molecule has 37 heavy (non-hydrogen) atoms. The Labute approximate surface area is 215 Å². The maximum atomic E-state index is 14.2. The zero-order chi connectivity index (χ0) is 26.3. The van der Waals surface area contributed by atoms with Gasteiger partial charge in [0.1, 0.15) is 12.4 Å². The first kappa shape index (κ1) is 26.3. The second-order valence-corrected chi connectivity index (χ2v) is 11.2. The first-order chi connectivity index (χ1) is 17.7. The average Bonchev–Trinajstić information content (AvgIpc) is 2.86. The average molecular weight is 522 g/mol. The molecule has 1 aliphatic carbocycles. The number of nitrogens with zero attached hydrogens (tertiary/aromatic N) is 1. The highest BCUT2D eigenvalue weighted by Crippen LogP contribution is 2.43. The normalized spacial score (nSPS) is 29.7. The molecule has 5 rings (SSSR count). The van der Waals surface area contributed by atoms with E-state index in [0.29, 0.717) is 37.0 Å². The number of carboxylic acid groups (broad SMARTS) is 1. The van der Waals surface area contributed by atoms with Crippen molar-refractivity contribution in [1.82, 2.24) is 4.90 Å². The number of piperidine rings is 2. The molecular weight excluding hydrogens is 486 g/mol. The fourth-order valence-corrected chi connectivity index (χ4v) is 7.01. The van der Waals surface area contributed by atoms with E-state index in [1.807, 2.05) is 18.2 Å². The highest BCUT2D eigenvalue weighted by atomic mass is 19.4. The number of hydrogen-bond acceptors (Lipinski definition) is 3. The van der Waals surface area contributed by atoms with Crippen molar-refractivity contribution >= 4 is 16.7 Å². The summed E-state index contributed by atoms with van der Waals surface area (Å²) in [5, 5.41) is 11.2. The second kappa shape index (κ2) is 10.4. The van der Waals surface area contributed by atoms with Gasteiger partial charge in [-0.1, -0.05) is 24.6 Å². The largest absolute Gasteiger partial charge is 0.490 e. The smallest absolute Gasteiger partial charge is 0.391 e. The van der Waals surface area contributed by atoms with Crippen molar-refractivity contribution < 1.29 is 32.2 Å². The lowest BCUT2D eigenvalue weighted by atomic mass is 9.77. The van der Waals surface area contributed by atoms with Crippen LogP contribution < -0.4 is 4.74 Å². The van der Waals surface area contributed by atoms with Crippen LogP contribution in [0.25, 0.3) is 10.8 Å². The van der Waals surface area contributed by atoms with Crippen LogP contribution in [-0.2, 0) is 11.5 Å². The summed E-state index contributed by atoms with van der Waals surface area (Å²) >= 11 is 0. The van der Waals surface area contributed by atoms with Gasteiger partial charge >= 0.3 is 12.1 Å². The Morgan fingerprint density at radius 2 is 1.73 bits per heavy atom. The van der Waals surface area contributed by atoms with Crippen molar-refractivity contribution in [2.24, 2.45) is 11.8 Å². The molecule has 2 aromatic carbocycles. The molecule has 0 spiro atoms. The molecule has 0 amide bonds. The van der Waals surface area contributed by atoms with Crippen molar-refractivity contribution in [3.8, 4) is 5.75 Å². The quantitative estimate of drug-likeness (QED) is 0.398. The molecule has 0 aromatic heterocycles. The molecule has 2 saturated heterocycles. The SMILES string of the molecule is C[C@@H](c1ccc2c(CF)c(O[C@H]3CC[C@@H](C(F)(F)F)CC3)ccc2c1)N1C2CCCC1CC(C(=O)O)C2. The molecule has 1 saturated carbocycles. The molecule has 4 nitrogen and oxygen atoms in total. The number of carboxylic acids is 1. The van der Waals surface area contributed by atoms with Crippen molar-refractivity contribution in [1.29, 1.82) is 0 Å². The number of benzene rings is 2. The van der Waals surface area contributed by atoms with Crippen LogP contribution in [0.1, 0.15) is 81.9 Å². The molecule has 1 N–H and O–H groups in total. The molecule has 202 valence electrons. The summed E-state index contributed by atoms with van der Waals surface area (Å²) in [6.45, 7) is 1.45. The summed E-state index contributed by atoms with van der Waals surface area (Å²) in [6, 6.07) is 10.3. The summed E-state index contributed by atoms with van der Waals surface area (Å²) in [4.78, 5) is 14.1. The predicted octanol–water partition coefficient (Wildman–Crippen LogP) is 7.59. The number of halogens is 4. The van der Waals surface area contributed by atoms with Gasteiger partial charge in [0.25, 0.3) is 0 Å². The van der Waals surface area contributed by atoms with Crippen molar-refractivity contribution in [3.63, 3.8) is 0 Å². The number of ether oxygens (including phenoxy) is 1. The van der Waals surface area contributed by atoms with Crippen LogP contribution in [0.4, 0.5) is 17.6 Å². The molecule has 2 heterocycles. The zero-order valence-electron chi connectivity index (χ0n) is 21.1. The third-order valence-electron chi connectivity index (χ3n) is 8.99. The molecule has 3 fully saturated rings. The van der Waals surface area contributed by atoms with Crippen LogP contribution in [0, 0.1) is 11.8 Å². The Kier molecular flexibility index (Phi) is 7.40. The van der Waals surface area contributed by atoms with E-state index in [2.05, 4.69) is 17.9 Å². The zero-order valence-corrected chi connectivity index (χ0v) is 21.1. The topological polar surface area (TPSA) is 49.8 Å². The molecule has 3 aliphatic rings. The minimum absolute atomic E-state index is 0.0413. The number of rotatable bonds is 6. The highest BCUT2D eigenvalue weighted by Gasteiger charge is 2.43. The standard InChI is InChI=1S/C29H35F4NO3/c1-17(34-22-3-2-4-23(34)15-20(14-22)28(35)36)18-5-11-25-19(13-18)6-12-27(26(25)16-30)37-24-9-7-21(8-10-24)29(31,32)33/h5-6,11-13,17,20-24H,2-4,7-10,14-16H2,1H3,(H,35,36)/t17-,20?,21-,22?,23?,24+/m0/s1. The number of fused-ring (bicyclic) bond motifs is 3. The second-order valence-electron chi connectivity index (χ2n) is 11.2. The van der Waals surface area contributed by atoms with Gasteiger partial charge in [0.05, 0.1) is 17.9 Å². The number of alkyl halides is 4. The lowest BCUT2D eigenvalue weighted by Gasteiger charge is -2.51. The van der Waals surface area contributed by atoms with Crippen molar-refractivity contribution in [2.75, 3.05) is 0 Å². The van der Waals surface area contributed by atoms with E-state index < -0.39 is 24.7 Å². The van der Waals surface area contributed by atoms with Gasteiger partial charge in [0, 0.05) is 23.7 Å². The first-order valence-electron chi connectivity index (χ1n) is 13.5. The molecule has 2 unspecified atom stereocenters. The summed E-state index contributed by atoms with van der Waals surface area (Å²) in [5.41, 5.74) is 1.55. The summed E-state index contributed by atoms with van der Waals surface area (Å²) < 4.78 is 59.2. The summed E-state index contributed by atoms with van der Waals surface area (Å²) in [5.74, 6) is -1.83. The van der Waals surface area contributed by atoms with E-state index in [9.17, 15) is 27.5 Å². The monoisotopic (exact) mass is 521 g/mol. The van der Waals surface area contributed by atoms with Crippen LogP contribution in [0.5, 0.6) is 5.75 Å². The van der Waals surface area contributed by atoms with Crippen LogP contribution >= 0.6 is 0 Å². The van der Waals surface area contributed by atoms with Crippen LogP contribution in [0.2, 0.25) is 0 Å². The Hall–Kier alpha value is -2.35. The van der Waals surface area contributed by atoms with Gasteiger partial charge in [-0.15, -0.1) is 0 Å². The third-order valence-corrected chi connectivity index (χ3v) is 8.99. The number of carbonyl (C=O) groups is 1. The summed E-state index contributed by atoms with van der Waals surface area (Å²) in [7, 11) is 0. The number of hydrogen-bond donors (Lipinski definition) is 1. The lowest BCUT2D eigenvalue weighted by molar-refractivity contribution is -0.185. The Morgan fingerprint density at radius 3 is 2.32 bits per heavy atom. The Bertz CT molecular complexity index is 1110. The van der Waals surface area contributed by atoms with Crippen molar-refractivity contribution in [2.45, 2.75) is 102 Å². The Balaban J connectivity index is 1.33. The van der Waals surface area contributed by atoms with Gasteiger partial charge in [-0.05, 0) is 86.8 Å². The number of aliphatic carboxylic acids is 1. The highest BCUT2D eigenvalue weighted by molar-refractivity contribution is 5.88. The molecule has 2 aromatic rings. The first-order valence-corrected chi connectivity index (χ1v) is 13.5. The lowest BCUT2D eigenvalue weighted by Crippen LogP contribution is -2.53. The molecule has 3 atom stereocenters. The van der Waals surface area contributed by atoms with Crippen LogP contribution in [0.15, 0.2) is 30.3 Å². The van der Waals surface area contributed by atoms with Crippen molar-refractivity contribution in [3.05, 3.63) is 41.5 Å². The van der Waals surface area contributed by atoms with E-state index in [1.165, 1.54) is 0 Å². The van der Waals surface area contributed by atoms with Gasteiger partial charge < -0.3 is 9.84 Å². The van der Waals surface area contributed by atoms with Gasteiger partial charge in [-0.25, -0.2) is 4.39 Å². The van der Waals surface area contributed by atoms with Gasteiger partial charge in [0.2, 0.25) is 0 Å². The molecule has 8 heteroatoms. The van der Waals surface area contributed by atoms with Gasteiger partial charge in [-0.3, -0.25) is 9.69 Å². The van der Waals surface area contributed by atoms with Gasteiger partial charge in [-0.2, -0.15) is 13.2 Å². The van der Waals surface area contributed by atoms with E-state index in [0.717, 1.165) is 35.6 Å². The van der Waals surface area contributed by atoms with E-state index in [4.69, 9.17) is 4.74 Å². The molecule has 2 bridgehead atoms. The summed E-state index contributed by atoms with van der Waals surface area (Å²) in [6.07, 6.45) is 0.707. The Morgan fingerprint density at radius 1 is 1.05 bits per heavy atom. The van der Waals surface area contributed by atoms with E-state index in [-0.39, 0.29) is 43.0 Å². The maximum absolute atomic E-state index is 14.2. The molecular formula is C29H35F4NO3.